The fourth-order valence-corrected chi connectivity index (χ4v) is 1.68. The summed E-state index contributed by atoms with van der Waals surface area (Å²) in [5, 5.41) is 0. The molecule has 2 aromatic carbocycles. The first-order valence-corrected chi connectivity index (χ1v) is 5.47. The third kappa shape index (κ3) is 2.25. The molecule has 0 radical (unpaired) electrons. The summed E-state index contributed by atoms with van der Waals surface area (Å²) in [5.74, 6) is 1.79. The normalized spacial score (nSPS) is 10.2. The molecule has 0 aliphatic carbocycles. The minimum Gasteiger partial charge on any atom is -0.457 e. The Hall–Kier alpha value is -1.76. The Bertz CT molecular complexity index is 463. The Morgan fingerprint density at radius 2 is 1.31 bits per heavy atom. The molecule has 0 aliphatic rings. The molecule has 0 aliphatic heterocycles. The van der Waals surface area contributed by atoms with Gasteiger partial charge in [-0.25, -0.2) is 0 Å². The zero-order chi connectivity index (χ0) is 11.5. The van der Waals surface area contributed by atoms with Crippen molar-refractivity contribution in [3.05, 3.63) is 59.2 Å². The second kappa shape index (κ2) is 4.40. The average Bonchev–Trinajstić information content (AvgIpc) is 2.27. The van der Waals surface area contributed by atoms with E-state index in [1.807, 2.05) is 30.3 Å². The van der Waals surface area contributed by atoms with Crippen molar-refractivity contribution in [2.24, 2.45) is 0 Å². The predicted octanol–water partition coefficient (Wildman–Crippen LogP) is 4.40. The smallest absolute Gasteiger partial charge is 0.127 e. The molecule has 16 heavy (non-hydrogen) atoms. The summed E-state index contributed by atoms with van der Waals surface area (Å²) in [4.78, 5) is 0. The minimum atomic E-state index is 0.880. The van der Waals surface area contributed by atoms with Crippen molar-refractivity contribution in [1.82, 2.24) is 0 Å². The van der Waals surface area contributed by atoms with Crippen LogP contribution < -0.4 is 4.74 Å². The standard InChI is InChI=1S/C15H16O/c1-11-9-15(10-12(2)13(11)3)16-14-7-5-4-6-8-14/h4-10H,1-3H3. The summed E-state index contributed by atoms with van der Waals surface area (Å²) in [6, 6.07) is 14.0. The summed E-state index contributed by atoms with van der Waals surface area (Å²) in [6.45, 7) is 6.36. The van der Waals surface area contributed by atoms with Gasteiger partial charge < -0.3 is 4.74 Å². The Balaban J connectivity index is 2.29. The SMILES string of the molecule is Cc1cc(Oc2ccccc2)cc(C)c1C. The Kier molecular flexibility index (Phi) is 2.95. The van der Waals surface area contributed by atoms with Crippen LogP contribution in [0, 0.1) is 20.8 Å². The number of rotatable bonds is 2. The lowest BCUT2D eigenvalue weighted by molar-refractivity contribution is 0.481. The third-order valence-corrected chi connectivity index (χ3v) is 2.88. The fraction of sp³-hybridized carbons (Fsp3) is 0.200. The lowest BCUT2D eigenvalue weighted by Crippen LogP contribution is -1.90. The van der Waals surface area contributed by atoms with Gasteiger partial charge in [-0.15, -0.1) is 0 Å². The molecule has 2 aromatic rings. The zero-order valence-electron chi connectivity index (χ0n) is 9.95. The molecule has 0 heterocycles. The van der Waals surface area contributed by atoms with E-state index < -0.39 is 0 Å². The predicted molar refractivity (Wildman–Crippen MR) is 67.2 cm³/mol. The van der Waals surface area contributed by atoms with Gasteiger partial charge in [0, 0.05) is 0 Å². The summed E-state index contributed by atoms with van der Waals surface area (Å²) in [7, 11) is 0. The van der Waals surface area contributed by atoms with Crippen LogP contribution in [0.3, 0.4) is 0 Å². The van der Waals surface area contributed by atoms with Crippen molar-refractivity contribution in [2.75, 3.05) is 0 Å². The lowest BCUT2D eigenvalue weighted by atomic mass is 10.0. The maximum atomic E-state index is 5.80. The molecule has 1 nitrogen and oxygen atoms in total. The highest BCUT2D eigenvalue weighted by Crippen LogP contribution is 2.25. The van der Waals surface area contributed by atoms with Crippen LogP contribution in [0.25, 0.3) is 0 Å². The van der Waals surface area contributed by atoms with Crippen LogP contribution >= 0.6 is 0 Å². The van der Waals surface area contributed by atoms with Crippen LogP contribution in [0.2, 0.25) is 0 Å². The molecule has 0 saturated heterocycles. The fourth-order valence-electron chi connectivity index (χ4n) is 1.68. The van der Waals surface area contributed by atoms with Gasteiger partial charge in [0.2, 0.25) is 0 Å². The molecule has 1 heteroatoms. The van der Waals surface area contributed by atoms with Gasteiger partial charge in [0.15, 0.2) is 0 Å². The van der Waals surface area contributed by atoms with Gasteiger partial charge >= 0.3 is 0 Å². The number of ether oxygens (including phenoxy) is 1. The van der Waals surface area contributed by atoms with E-state index in [0.717, 1.165) is 11.5 Å². The molecule has 0 saturated carbocycles. The van der Waals surface area contributed by atoms with Crippen molar-refractivity contribution in [2.45, 2.75) is 20.8 Å². The van der Waals surface area contributed by atoms with Crippen molar-refractivity contribution >= 4 is 0 Å². The van der Waals surface area contributed by atoms with Gasteiger partial charge in [-0.1, -0.05) is 18.2 Å². The number of para-hydroxylation sites is 1. The van der Waals surface area contributed by atoms with E-state index in [4.69, 9.17) is 4.74 Å². The average molecular weight is 212 g/mol. The molecule has 0 aromatic heterocycles. The van der Waals surface area contributed by atoms with Gasteiger partial charge in [-0.3, -0.25) is 0 Å². The summed E-state index contributed by atoms with van der Waals surface area (Å²) in [5.41, 5.74) is 3.87. The summed E-state index contributed by atoms with van der Waals surface area (Å²) >= 11 is 0. The van der Waals surface area contributed by atoms with E-state index in [9.17, 15) is 0 Å². The monoisotopic (exact) mass is 212 g/mol. The quantitative estimate of drug-likeness (QED) is 0.716. The molecular formula is C15H16O. The highest BCUT2D eigenvalue weighted by molar-refractivity contribution is 5.42. The minimum absolute atomic E-state index is 0.880. The van der Waals surface area contributed by atoms with Gasteiger partial charge in [0.1, 0.15) is 11.5 Å². The molecule has 0 fully saturated rings. The highest BCUT2D eigenvalue weighted by atomic mass is 16.5. The Morgan fingerprint density at radius 1 is 0.750 bits per heavy atom. The van der Waals surface area contributed by atoms with E-state index in [-0.39, 0.29) is 0 Å². The van der Waals surface area contributed by atoms with E-state index >= 15 is 0 Å². The maximum absolute atomic E-state index is 5.80. The van der Waals surface area contributed by atoms with Crippen LogP contribution in [-0.4, -0.2) is 0 Å². The van der Waals surface area contributed by atoms with E-state index in [1.165, 1.54) is 16.7 Å². The van der Waals surface area contributed by atoms with Crippen molar-refractivity contribution in [1.29, 1.82) is 0 Å². The zero-order valence-corrected chi connectivity index (χ0v) is 9.95. The molecule has 0 bridgehead atoms. The van der Waals surface area contributed by atoms with Gasteiger partial charge in [0.25, 0.3) is 0 Å². The topological polar surface area (TPSA) is 9.23 Å². The summed E-state index contributed by atoms with van der Waals surface area (Å²) < 4.78 is 5.80. The largest absolute Gasteiger partial charge is 0.457 e. The van der Waals surface area contributed by atoms with Gasteiger partial charge in [-0.2, -0.15) is 0 Å². The van der Waals surface area contributed by atoms with Crippen LogP contribution in [0.15, 0.2) is 42.5 Å². The maximum Gasteiger partial charge on any atom is 0.127 e. The molecule has 0 N–H and O–H groups in total. The van der Waals surface area contributed by atoms with E-state index in [2.05, 4.69) is 32.9 Å². The number of aryl methyl sites for hydroxylation is 2. The van der Waals surface area contributed by atoms with E-state index in [1.54, 1.807) is 0 Å². The molecule has 0 spiro atoms. The van der Waals surface area contributed by atoms with Crippen LogP contribution in [0.5, 0.6) is 11.5 Å². The first kappa shape index (κ1) is 10.7. The van der Waals surface area contributed by atoms with Crippen LogP contribution in [-0.2, 0) is 0 Å². The number of hydrogen-bond donors (Lipinski definition) is 0. The third-order valence-electron chi connectivity index (χ3n) is 2.88. The lowest BCUT2D eigenvalue weighted by Gasteiger charge is -2.10. The Labute approximate surface area is 96.7 Å². The van der Waals surface area contributed by atoms with Gasteiger partial charge in [-0.05, 0) is 61.7 Å². The van der Waals surface area contributed by atoms with Crippen LogP contribution in [0.4, 0.5) is 0 Å². The molecule has 0 atom stereocenters. The van der Waals surface area contributed by atoms with Gasteiger partial charge in [0.05, 0.1) is 0 Å². The second-order valence-electron chi connectivity index (χ2n) is 4.10. The number of benzene rings is 2. The number of hydrogen-bond acceptors (Lipinski definition) is 1. The van der Waals surface area contributed by atoms with Crippen molar-refractivity contribution in [3.63, 3.8) is 0 Å². The first-order valence-electron chi connectivity index (χ1n) is 5.47. The molecular weight excluding hydrogens is 196 g/mol. The molecule has 0 amide bonds. The highest BCUT2D eigenvalue weighted by Gasteiger charge is 2.02. The van der Waals surface area contributed by atoms with Crippen molar-refractivity contribution < 1.29 is 4.74 Å². The summed E-state index contributed by atoms with van der Waals surface area (Å²) in [6.07, 6.45) is 0. The Morgan fingerprint density at radius 3 is 1.88 bits per heavy atom. The molecule has 0 unspecified atom stereocenters. The van der Waals surface area contributed by atoms with Crippen molar-refractivity contribution in [3.8, 4) is 11.5 Å². The second-order valence-corrected chi connectivity index (χ2v) is 4.10. The molecule has 2 rings (SSSR count). The van der Waals surface area contributed by atoms with E-state index in [0.29, 0.717) is 0 Å². The first-order chi connectivity index (χ1) is 7.66. The van der Waals surface area contributed by atoms with Crippen LogP contribution in [0.1, 0.15) is 16.7 Å². The molecule has 82 valence electrons.